The van der Waals surface area contributed by atoms with Crippen LogP contribution >= 0.6 is 11.6 Å². The molecule has 4 rings (SSSR count). The van der Waals surface area contributed by atoms with Gasteiger partial charge < -0.3 is 20.3 Å². The molecule has 0 aliphatic carbocycles. The van der Waals surface area contributed by atoms with Crippen LogP contribution in [0.1, 0.15) is 12.5 Å². The van der Waals surface area contributed by atoms with E-state index in [9.17, 15) is 23.2 Å². The van der Waals surface area contributed by atoms with Crippen LogP contribution in [0.5, 0.6) is 5.75 Å². The first-order valence-corrected chi connectivity index (χ1v) is 11.7. The number of hydrogen-bond acceptors (Lipinski definition) is 7. The summed E-state index contributed by atoms with van der Waals surface area (Å²) in [7, 11) is 1.54. The van der Waals surface area contributed by atoms with Crippen LogP contribution in [0, 0.1) is 11.6 Å². The molecule has 0 spiro atoms. The van der Waals surface area contributed by atoms with Crippen molar-refractivity contribution in [3.8, 4) is 5.75 Å². The lowest BCUT2D eigenvalue weighted by Gasteiger charge is -2.39. The molecule has 0 aromatic heterocycles. The second-order valence-corrected chi connectivity index (χ2v) is 9.07. The lowest BCUT2D eigenvalue weighted by atomic mass is 10.1. The molecular weight excluding hydrogens is 494 g/mol. The van der Waals surface area contributed by atoms with E-state index in [4.69, 9.17) is 16.3 Å². The molecule has 190 valence electrons. The van der Waals surface area contributed by atoms with E-state index in [1.165, 1.54) is 19.2 Å². The summed E-state index contributed by atoms with van der Waals surface area (Å²) < 4.78 is 32.5. The lowest BCUT2D eigenvalue weighted by molar-refractivity contribution is -0.137. The van der Waals surface area contributed by atoms with Gasteiger partial charge in [-0.2, -0.15) is 0 Å². The van der Waals surface area contributed by atoms with E-state index < -0.39 is 22.5 Å². The Bertz CT molecular complexity index is 1360. The highest BCUT2D eigenvalue weighted by molar-refractivity contribution is 6.31. The fourth-order valence-electron chi connectivity index (χ4n) is 4.28. The van der Waals surface area contributed by atoms with Crippen LogP contribution in [-0.2, 0) is 11.3 Å². The number of rotatable bonds is 8. The first-order valence-electron chi connectivity index (χ1n) is 11.3. The first-order chi connectivity index (χ1) is 17.2. The predicted octanol–water partition coefficient (Wildman–Crippen LogP) is 3.11. The summed E-state index contributed by atoms with van der Waals surface area (Å²) in [6.07, 6.45) is 0. The van der Waals surface area contributed by atoms with Crippen LogP contribution in [0.2, 0.25) is 5.02 Å². The Morgan fingerprint density at radius 2 is 1.83 bits per heavy atom. The number of anilines is 3. The van der Waals surface area contributed by atoms with Crippen molar-refractivity contribution >= 4 is 34.6 Å². The zero-order valence-corrected chi connectivity index (χ0v) is 20.5. The highest BCUT2D eigenvalue weighted by Crippen LogP contribution is 2.32. The maximum atomic E-state index is 13.5. The van der Waals surface area contributed by atoms with Gasteiger partial charge in [0.05, 0.1) is 5.69 Å². The van der Waals surface area contributed by atoms with Crippen molar-refractivity contribution in [2.75, 3.05) is 43.9 Å². The van der Waals surface area contributed by atoms with Gasteiger partial charge in [-0.25, -0.2) is 8.78 Å². The summed E-state index contributed by atoms with van der Waals surface area (Å²) in [5.74, 6) is -1.68. The van der Waals surface area contributed by atoms with E-state index >= 15 is 0 Å². The quantitative estimate of drug-likeness (QED) is 0.443. The van der Waals surface area contributed by atoms with Gasteiger partial charge >= 0.3 is 0 Å². The molecule has 0 unspecified atom stereocenters. The second kappa shape index (κ2) is 10.6. The zero-order valence-electron chi connectivity index (χ0n) is 19.7. The van der Waals surface area contributed by atoms with Gasteiger partial charge in [-0.15, -0.1) is 0 Å². The molecule has 0 bridgehead atoms. The third-order valence-corrected chi connectivity index (χ3v) is 6.37. The summed E-state index contributed by atoms with van der Waals surface area (Å²) >= 11 is 6.09. The van der Waals surface area contributed by atoms with E-state index in [-0.39, 0.29) is 29.9 Å². The van der Waals surface area contributed by atoms with Gasteiger partial charge in [0.1, 0.15) is 17.1 Å². The number of hydrogen-bond donors (Lipinski definition) is 2. The summed E-state index contributed by atoms with van der Waals surface area (Å²) in [5.41, 5.74) is 0.0102. The van der Waals surface area contributed by atoms with Crippen LogP contribution in [0.4, 0.5) is 25.8 Å². The van der Waals surface area contributed by atoms with E-state index in [0.717, 1.165) is 6.07 Å². The normalized spacial score (nSPS) is 16.2. The topological polar surface area (TPSA) is 91.0 Å². The van der Waals surface area contributed by atoms with E-state index in [1.54, 1.807) is 23.1 Å². The van der Waals surface area contributed by atoms with Gasteiger partial charge in [0.25, 0.3) is 16.8 Å². The molecule has 1 saturated heterocycles. The van der Waals surface area contributed by atoms with Crippen LogP contribution in [-0.4, -0.2) is 55.0 Å². The summed E-state index contributed by atoms with van der Waals surface area (Å²) in [6, 6.07) is 8.43. The maximum Gasteiger partial charge on any atom is 0.260 e. The van der Waals surface area contributed by atoms with Crippen LogP contribution in [0.3, 0.4) is 0 Å². The molecule has 2 N–H and O–H groups in total. The largest absolute Gasteiger partial charge is 0.482 e. The standard InChI is InChI=1S/C25H25ClF2N4O4/c1-14-11-31(12-15-3-5-17(27)18(28)9-15)7-8-32(14)21(33)13-36-20-6-4-16(26)10-19(20)30-23-22(29-2)24(34)25(23)35/h3-6,9-10,14,29-30H,7-8,11-13H2,1-2H3/t14-/m1/s1. The van der Waals surface area contributed by atoms with Crippen molar-refractivity contribution in [3.05, 3.63) is 79.1 Å². The Kier molecular flexibility index (Phi) is 7.56. The number of carbonyl (C=O) groups excluding carboxylic acids is 1. The predicted molar refractivity (Wildman–Crippen MR) is 134 cm³/mol. The molecule has 0 radical (unpaired) electrons. The Balaban J connectivity index is 1.36. The van der Waals surface area contributed by atoms with Crippen molar-refractivity contribution in [1.29, 1.82) is 0 Å². The number of halogens is 3. The minimum Gasteiger partial charge on any atom is -0.482 e. The zero-order chi connectivity index (χ0) is 26.0. The molecule has 1 aliphatic heterocycles. The van der Waals surface area contributed by atoms with E-state index in [2.05, 4.69) is 15.5 Å². The van der Waals surface area contributed by atoms with Crippen LogP contribution in [0.15, 0.2) is 46.0 Å². The van der Waals surface area contributed by atoms with Gasteiger partial charge in [0.2, 0.25) is 0 Å². The number of nitrogens with one attached hydrogen (secondary N) is 2. The van der Waals surface area contributed by atoms with Crippen molar-refractivity contribution in [1.82, 2.24) is 9.80 Å². The van der Waals surface area contributed by atoms with Crippen molar-refractivity contribution in [2.45, 2.75) is 19.5 Å². The number of carbonyl (C=O) groups is 1. The molecule has 1 fully saturated rings. The molecule has 1 aliphatic rings. The number of amides is 1. The van der Waals surface area contributed by atoms with E-state index in [1.807, 2.05) is 6.92 Å². The minimum absolute atomic E-state index is 0.103. The lowest BCUT2D eigenvalue weighted by Crippen LogP contribution is -2.54. The number of nitrogens with zero attached hydrogens (tertiary/aromatic N) is 2. The highest BCUT2D eigenvalue weighted by atomic mass is 35.5. The molecule has 1 amide bonds. The van der Waals surface area contributed by atoms with Crippen molar-refractivity contribution in [2.24, 2.45) is 0 Å². The summed E-state index contributed by atoms with van der Waals surface area (Å²) in [4.78, 5) is 40.3. The fraction of sp³-hybridized carbons (Fsp3) is 0.320. The molecule has 3 aromatic rings. The fourth-order valence-corrected chi connectivity index (χ4v) is 4.45. The SMILES string of the molecule is CNc1c(Nc2cc(Cl)ccc2OCC(=O)N2CCN(Cc3ccc(F)c(F)c3)C[C@H]2C)c(=O)c1=O. The molecule has 11 heteroatoms. The smallest absolute Gasteiger partial charge is 0.260 e. The van der Waals surface area contributed by atoms with Crippen molar-refractivity contribution in [3.63, 3.8) is 0 Å². The molecule has 1 heterocycles. The molecule has 36 heavy (non-hydrogen) atoms. The molecule has 3 aromatic carbocycles. The molecule has 1 atom stereocenters. The third-order valence-electron chi connectivity index (χ3n) is 6.13. The summed E-state index contributed by atoms with van der Waals surface area (Å²) in [6.45, 7) is 3.71. The second-order valence-electron chi connectivity index (χ2n) is 8.63. The average molecular weight is 519 g/mol. The molecular formula is C25H25ClF2N4O4. The number of ether oxygens (including phenoxy) is 1. The van der Waals surface area contributed by atoms with Crippen molar-refractivity contribution < 1.29 is 18.3 Å². The number of benzene rings is 2. The monoisotopic (exact) mass is 518 g/mol. The highest BCUT2D eigenvalue weighted by Gasteiger charge is 2.28. The van der Waals surface area contributed by atoms with Gasteiger partial charge in [0.15, 0.2) is 18.2 Å². The Morgan fingerprint density at radius 1 is 1.08 bits per heavy atom. The van der Waals surface area contributed by atoms with Crippen LogP contribution < -0.4 is 26.2 Å². The van der Waals surface area contributed by atoms with Crippen LogP contribution in [0.25, 0.3) is 0 Å². The van der Waals surface area contributed by atoms with E-state index in [0.29, 0.717) is 48.2 Å². The third kappa shape index (κ3) is 5.34. The minimum atomic E-state index is -0.881. The first kappa shape index (κ1) is 25.6. The summed E-state index contributed by atoms with van der Waals surface area (Å²) in [5, 5.41) is 5.94. The van der Waals surface area contributed by atoms with Gasteiger partial charge in [-0.1, -0.05) is 17.7 Å². The van der Waals surface area contributed by atoms with Gasteiger partial charge in [0, 0.05) is 44.3 Å². The van der Waals surface area contributed by atoms with Gasteiger partial charge in [-0.3, -0.25) is 19.3 Å². The average Bonchev–Trinajstić information content (AvgIpc) is 2.85. The molecule has 8 nitrogen and oxygen atoms in total. The Labute approximate surface area is 211 Å². The Hall–Kier alpha value is -3.50. The van der Waals surface area contributed by atoms with Gasteiger partial charge in [-0.05, 0) is 42.8 Å². The number of piperazine rings is 1. The Morgan fingerprint density at radius 3 is 2.53 bits per heavy atom. The maximum absolute atomic E-state index is 13.5. The molecule has 0 saturated carbocycles.